The lowest BCUT2D eigenvalue weighted by Crippen LogP contribution is -2.41. The second-order valence-corrected chi connectivity index (χ2v) is 5.77. The summed E-state index contributed by atoms with van der Waals surface area (Å²) in [5.41, 5.74) is 0.586. The highest BCUT2D eigenvalue weighted by Crippen LogP contribution is 2.23. The monoisotopic (exact) mass is 331 g/mol. The fourth-order valence-electron chi connectivity index (χ4n) is 2.04. The minimum absolute atomic E-state index is 0.0801. The van der Waals surface area contributed by atoms with Crippen molar-refractivity contribution in [3.63, 3.8) is 0 Å². The second-order valence-electron chi connectivity index (χ2n) is 4.51. The zero-order valence-electron chi connectivity index (χ0n) is 10.1. The van der Waals surface area contributed by atoms with E-state index >= 15 is 0 Å². The van der Waals surface area contributed by atoms with Crippen LogP contribution in [0.5, 0.6) is 0 Å². The first kappa shape index (κ1) is 13.8. The Bertz CT molecular complexity index is 453. The van der Waals surface area contributed by atoms with Gasteiger partial charge in [-0.05, 0) is 53.9 Å². The molecule has 0 saturated carbocycles. The molecule has 2 rings (SSSR count). The number of nitrogens with one attached hydrogen (secondary N) is 1. The summed E-state index contributed by atoms with van der Waals surface area (Å²) in [6.07, 6.45) is 1.92. The van der Waals surface area contributed by atoms with E-state index in [2.05, 4.69) is 21.2 Å². The van der Waals surface area contributed by atoms with Gasteiger partial charge in [0, 0.05) is 22.7 Å². The molecule has 1 saturated heterocycles. The minimum Gasteiger partial charge on any atom is -0.378 e. The molecule has 98 valence electrons. The van der Waals surface area contributed by atoms with E-state index in [9.17, 15) is 4.79 Å². The van der Waals surface area contributed by atoms with Gasteiger partial charge in [0.2, 0.25) is 0 Å². The maximum absolute atomic E-state index is 12.1. The molecule has 5 heteroatoms. The zero-order chi connectivity index (χ0) is 13.1. The molecule has 1 aliphatic heterocycles. The van der Waals surface area contributed by atoms with Crippen molar-refractivity contribution < 1.29 is 9.53 Å². The molecule has 1 aromatic carbocycles. The molecule has 3 nitrogen and oxygen atoms in total. The number of benzene rings is 1. The quantitative estimate of drug-likeness (QED) is 0.901. The first-order valence-electron chi connectivity index (χ1n) is 5.94. The number of hydrogen-bond donors (Lipinski definition) is 1. The van der Waals surface area contributed by atoms with Crippen molar-refractivity contribution >= 4 is 33.4 Å². The van der Waals surface area contributed by atoms with Crippen LogP contribution < -0.4 is 5.32 Å². The second kappa shape index (κ2) is 6.04. The van der Waals surface area contributed by atoms with Gasteiger partial charge in [0.1, 0.15) is 0 Å². The van der Waals surface area contributed by atoms with Crippen molar-refractivity contribution in [1.29, 1.82) is 0 Å². The summed E-state index contributed by atoms with van der Waals surface area (Å²) in [6, 6.07) is 5.39. The van der Waals surface area contributed by atoms with Gasteiger partial charge in [0.15, 0.2) is 0 Å². The Kier molecular flexibility index (Phi) is 4.65. The van der Waals surface area contributed by atoms with Crippen LogP contribution in [0.3, 0.4) is 0 Å². The Balaban J connectivity index is 2.00. The summed E-state index contributed by atoms with van der Waals surface area (Å²) in [5, 5.41) is 3.56. The first-order chi connectivity index (χ1) is 8.56. The third kappa shape index (κ3) is 3.46. The molecule has 1 amide bonds. The molecule has 1 fully saturated rings. The van der Waals surface area contributed by atoms with E-state index in [0.29, 0.717) is 17.2 Å². The standard InChI is InChI=1S/C13H15BrClNO2/c1-8-6-10(4-5-18-8)16-13(17)9-2-3-11(14)12(15)7-9/h2-3,7-8,10H,4-6H2,1H3,(H,16,17). The van der Waals surface area contributed by atoms with Crippen LogP contribution in [-0.4, -0.2) is 24.7 Å². The number of amides is 1. The summed E-state index contributed by atoms with van der Waals surface area (Å²) >= 11 is 9.28. The molecule has 18 heavy (non-hydrogen) atoms. The van der Waals surface area contributed by atoms with Gasteiger partial charge in [-0.15, -0.1) is 0 Å². The molecule has 1 aliphatic rings. The maximum Gasteiger partial charge on any atom is 0.251 e. The number of carbonyl (C=O) groups excluding carboxylic acids is 1. The lowest BCUT2D eigenvalue weighted by Gasteiger charge is -2.27. The summed E-state index contributed by atoms with van der Waals surface area (Å²) < 4.78 is 6.24. The van der Waals surface area contributed by atoms with Crippen LogP contribution in [0.2, 0.25) is 5.02 Å². The number of halogens is 2. The third-order valence-electron chi connectivity index (χ3n) is 3.00. The van der Waals surface area contributed by atoms with Crippen LogP contribution in [0.4, 0.5) is 0 Å². The smallest absolute Gasteiger partial charge is 0.251 e. The van der Waals surface area contributed by atoms with Crippen LogP contribution in [0.15, 0.2) is 22.7 Å². The predicted molar refractivity (Wildman–Crippen MR) is 75.1 cm³/mol. The Hall–Kier alpha value is -0.580. The largest absolute Gasteiger partial charge is 0.378 e. The topological polar surface area (TPSA) is 38.3 Å². The molecule has 0 spiro atoms. The van der Waals surface area contributed by atoms with E-state index in [0.717, 1.165) is 17.3 Å². The average molecular weight is 333 g/mol. The number of carbonyl (C=O) groups is 1. The average Bonchev–Trinajstić information content (AvgIpc) is 2.32. The summed E-state index contributed by atoms with van der Waals surface area (Å²) in [4.78, 5) is 12.1. The van der Waals surface area contributed by atoms with Gasteiger partial charge in [-0.3, -0.25) is 4.79 Å². The highest BCUT2D eigenvalue weighted by atomic mass is 79.9. The number of ether oxygens (including phenoxy) is 1. The van der Waals surface area contributed by atoms with Gasteiger partial charge in [0.05, 0.1) is 11.1 Å². The minimum atomic E-state index is -0.0801. The van der Waals surface area contributed by atoms with Crippen molar-refractivity contribution in [3.05, 3.63) is 33.3 Å². The predicted octanol–water partition coefficient (Wildman–Crippen LogP) is 3.40. The molecule has 1 heterocycles. The molecule has 0 aromatic heterocycles. The zero-order valence-corrected chi connectivity index (χ0v) is 12.4. The maximum atomic E-state index is 12.1. The Morgan fingerprint density at radius 1 is 1.56 bits per heavy atom. The molecular weight excluding hydrogens is 318 g/mol. The van der Waals surface area contributed by atoms with Crippen molar-refractivity contribution in [3.8, 4) is 0 Å². The van der Waals surface area contributed by atoms with Crippen LogP contribution in [0, 0.1) is 0 Å². The van der Waals surface area contributed by atoms with E-state index in [1.807, 2.05) is 6.92 Å². The molecule has 0 radical (unpaired) electrons. The van der Waals surface area contributed by atoms with Crippen molar-refractivity contribution in [2.45, 2.75) is 31.9 Å². The molecule has 2 atom stereocenters. The van der Waals surface area contributed by atoms with Gasteiger partial charge >= 0.3 is 0 Å². The molecule has 1 aromatic rings. The van der Waals surface area contributed by atoms with Crippen molar-refractivity contribution in [2.75, 3.05) is 6.61 Å². The van der Waals surface area contributed by atoms with E-state index < -0.39 is 0 Å². The Morgan fingerprint density at radius 2 is 2.33 bits per heavy atom. The van der Waals surface area contributed by atoms with Gasteiger partial charge in [-0.25, -0.2) is 0 Å². The van der Waals surface area contributed by atoms with E-state index in [1.165, 1.54) is 0 Å². The highest BCUT2D eigenvalue weighted by Gasteiger charge is 2.21. The molecule has 1 N–H and O–H groups in total. The summed E-state index contributed by atoms with van der Waals surface area (Å²) in [5.74, 6) is -0.0801. The van der Waals surface area contributed by atoms with Crippen molar-refractivity contribution in [2.24, 2.45) is 0 Å². The van der Waals surface area contributed by atoms with Gasteiger partial charge in [-0.2, -0.15) is 0 Å². The van der Waals surface area contributed by atoms with E-state index in [4.69, 9.17) is 16.3 Å². The van der Waals surface area contributed by atoms with Crippen molar-refractivity contribution in [1.82, 2.24) is 5.32 Å². The van der Waals surface area contributed by atoms with Gasteiger partial charge in [-0.1, -0.05) is 11.6 Å². The SMILES string of the molecule is CC1CC(NC(=O)c2ccc(Br)c(Cl)c2)CCO1. The van der Waals surface area contributed by atoms with Crippen LogP contribution >= 0.6 is 27.5 Å². The highest BCUT2D eigenvalue weighted by molar-refractivity contribution is 9.10. The number of rotatable bonds is 2. The molecule has 2 unspecified atom stereocenters. The van der Waals surface area contributed by atoms with E-state index in [1.54, 1.807) is 18.2 Å². The normalized spacial score (nSPS) is 23.7. The molecule has 0 aliphatic carbocycles. The molecule has 0 bridgehead atoms. The third-order valence-corrected chi connectivity index (χ3v) is 4.23. The van der Waals surface area contributed by atoms with Gasteiger partial charge in [0.25, 0.3) is 5.91 Å². The lowest BCUT2D eigenvalue weighted by atomic mass is 10.0. The lowest BCUT2D eigenvalue weighted by molar-refractivity contribution is 0.0136. The van der Waals surface area contributed by atoms with Gasteiger partial charge < -0.3 is 10.1 Å². The van der Waals surface area contributed by atoms with Crippen LogP contribution in [0.25, 0.3) is 0 Å². The summed E-state index contributed by atoms with van der Waals surface area (Å²) in [7, 11) is 0. The van der Waals surface area contributed by atoms with E-state index in [-0.39, 0.29) is 18.1 Å². The first-order valence-corrected chi connectivity index (χ1v) is 7.11. The molecular formula is C13H15BrClNO2. The number of hydrogen-bond acceptors (Lipinski definition) is 2. The van der Waals surface area contributed by atoms with Crippen LogP contribution in [0.1, 0.15) is 30.1 Å². The summed E-state index contributed by atoms with van der Waals surface area (Å²) in [6.45, 7) is 2.72. The van der Waals surface area contributed by atoms with Crippen LogP contribution in [-0.2, 0) is 4.74 Å². The fraction of sp³-hybridized carbons (Fsp3) is 0.462. The fourth-order valence-corrected chi connectivity index (χ4v) is 2.46. The Labute approximate surface area is 120 Å². The Morgan fingerprint density at radius 3 is 3.00 bits per heavy atom.